The average Bonchev–Trinajstić information content (AvgIpc) is 3.17. The van der Waals surface area contributed by atoms with Crippen LogP contribution < -0.4 is 4.90 Å². The zero-order valence-corrected chi connectivity index (χ0v) is 17.2. The molecule has 2 aliphatic heterocycles. The van der Waals surface area contributed by atoms with E-state index in [-0.39, 0.29) is 6.61 Å². The Balaban J connectivity index is 1.47. The highest BCUT2D eigenvalue weighted by molar-refractivity contribution is 7.17. The molecule has 0 bridgehead atoms. The van der Waals surface area contributed by atoms with E-state index in [0.29, 0.717) is 18.1 Å². The summed E-state index contributed by atoms with van der Waals surface area (Å²) < 4.78 is 1.18. The number of nitrogens with zero attached hydrogens (tertiary/aromatic N) is 5. The number of aliphatic hydroxyl groups excluding tert-OH is 1. The van der Waals surface area contributed by atoms with Crippen molar-refractivity contribution in [1.82, 2.24) is 19.8 Å². The lowest BCUT2D eigenvalue weighted by atomic mass is 9.97. The third kappa shape index (κ3) is 3.97. The zero-order chi connectivity index (χ0) is 18.8. The second-order valence-corrected chi connectivity index (χ2v) is 8.96. The Labute approximate surface area is 165 Å². The van der Waals surface area contributed by atoms with Gasteiger partial charge in [0.2, 0.25) is 0 Å². The minimum atomic E-state index is 0.248. The number of fused-ring (bicyclic) bond motifs is 1. The molecule has 1 N–H and O–H groups in total. The van der Waals surface area contributed by atoms with Gasteiger partial charge in [-0.25, -0.2) is 9.97 Å². The van der Waals surface area contributed by atoms with Crippen LogP contribution in [-0.2, 0) is 0 Å². The second-order valence-electron chi connectivity index (χ2n) is 8.04. The summed E-state index contributed by atoms with van der Waals surface area (Å²) in [6.07, 6.45) is 4.99. The smallest absolute Gasteiger partial charge is 0.150 e. The summed E-state index contributed by atoms with van der Waals surface area (Å²) in [4.78, 5) is 16.6. The monoisotopic (exact) mass is 389 g/mol. The van der Waals surface area contributed by atoms with Gasteiger partial charge in [0.1, 0.15) is 12.1 Å². The molecule has 2 saturated heterocycles. The fourth-order valence-corrected chi connectivity index (χ4v) is 5.55. The third-order valence-corrected chi connectivity index (χ3v) is 7.11. The predicted octanol–water partition coefficient (Wildman–Crippen LogP) is 2.44. The van der Waals surface area contributed by atoms with Crippen molar-refractivity contribution in [2.24, 2.45) is 0 Å². The largest absolute Gasteiger partial charge is 0.396 e. The van der Waals surface area contributed by atoms with E-state index in [0.717, 1.165) is 37.4 Å². The molecule has 0 saturated carbocycles. The first-order chi connectivity index (χ1) is 13.2. The Morgan fingerprint density at radius 2 is 2.00 bits per heavy atom. The molecule has 0 radical (unpaired) electrons. The molecular formula is C20H31N5OS. The van der Waals surface area contributed by atoms with Gasteiger partial charge in [0.15, 0.2) is 0 Å². The molecule has 2 aliphatic rings. The zero-order valence-electron chi connectivity index (χ0n) is 16.4. The van der Waals surface area contributed by atoms with E-state index in [4.69, 9.17) is 0 Å². The lowest BCUT2D eigenvalue weighted by molar-refractivity contribution is 0.0463. The Morgan fingerprint density at radius 1 is 1.19 bits per heavy atom. The number of likely N-dealkylation sites (tertiary alicyclic amines) is 1. The standard InChI is InChI=1S/C20H31N5OS/c1-15(2)23-7-3-16(4-8-23)25-10-9-24(13-17(25)5-11-26)20-19-18(6-12-27-19)21-14-22-20/h6,12,14-17,26H,3-5,7-11,13H2,1-2H3/t17-/m0/s1. The van der Waals surface area contributed by atoms with E-state index in [1.165, 1.54) is 30.6 Å². The quantitative estimate of drug-likeness (QED) is 0.848. The van der Waals surface area contributed by atoms with Crippen LogP contribution in [0.3, 0.4) is 0 Å². The summed E-state index contributed by atoms with van der Waals surface area (Å²) in [6, 6.07) is 3.74. The molecule has 2 aromatic rings. The van der Waals surface area contributed by atoms with Crippen molar-refractivity contribution < 1.29 is 5.11 Å². The first-order valence-electron chi connectivity index (χ1n) is 10.2. The summed E-state index contributed by atoms with van der Waals surface area (Å²) in [5.74, 6) is 1.06. The van der Waals surface area contributed by atoms with E-state index >= 15 is 0 Å². The second kappa shape index (κ2) is 8.39. The summed E-state index contributed by atoms with van der Waals surface area (Å²) in [6.45, 7) is 10.2. The number of hydrogen-bond acceptors (Lipinski definition) is 7. The van der Waals surface area contributed by atoms with E-state index in [9.17, 15) is 5.11 Å². The first kappa shape index (κ1) is 19.1. The maximum Gasteiger partial charge on any atom is 0.150 e. The molecule has 7 heteroatoms. The predicted molar refractivity (Wildman–Crippen MR) is 112 cm³/mol. The lowest BCUT2D eigenvalue weighted by Gasteiger charge is -2.48. The van der Waals surface area contributed by atoms with Crippen molar-refractivity contribution in [1.29, 1.82) is 0 Å². The molecule has 6 nitrogen and oxygen atoms in total. The van der Waals surface area contributed by atoms with Crippen LogP contribution in [0.1, 0.15) is 33.1 Å². The van der Waals surface area contributed by atoms with Crippen molar-refractivity contribution in [3.05, 3.63) is 17.8 Å². The molecule has 0 aliphatic carbocycles. The van der Waals surface area contributed by atoms with Gasteiger partial charge in [0, 0.05) is 44.4 Å². The normalized spacial score (nSPS) is 23.6. The van der Waals surface area contributed by atoms with Crippen LogP contribution in [0.4, 0.5) is 5.82 Å². The van der Waals surface area contributed by atoms with Gasteiger partial charge in [0.05, 0.1) is 10.2 Å². The molecule has 0 amide bonds. The van der Waals surface area contributed by atoms with Gasteiger partial charge in [-0.15, -0.1) is 11.3 Å². The number of aliphatic hydroxyl groups is 1. The Hall–Kier alpha value is -1.28. The highest BCUT2D eigenvalue weighted by Crippen LogP contribution is 2.31. The molecule has 1 atom stereocenters. The van der Waals surface area contributed by atoms with Crippen LogP contribution in [0.2, 0.25) is 0 Å². The molecule has 0 spiro atoms. The van der Waals surface area contributed by atoms with Crippen LogP contribution in [0, 0.1) is 0 Å². The number of thiophene rings is 1. The van der Waals surface area contributed by atoms with Crippen LogP contribution >= 0.6 is 11.3 Å². The minimum Gasteiger partial charge on any atom is -0.396 e. The van der Waals surface area contributed by atoms with Crippen molar-refractivity contribution in [2.45, 2.75) is 51.2 Å². The number of rotatable bonds is 5. The van der Waals surface area contributed by atoms with Crippen molar-refractivity contribution >= 4 is 27.4 Å². The highest BCUT2D eigenvalue weighted by atomic mass is 32.1. The maximum atomic E-state index is 9.67. The van der Waals surface area contributed by atoms with Crippen LogP contribution in [0.25, 0.3) is 10.2 Å². The van der Waals surface area contributed by atoms with E-state index in [1.807, 2.05) is 0 Å². The Kier molecular flexibility index (Phi) is 5.92. The van der Waals surface area contributed by atoms with Crippen LogP contribution in [-0.4, -0.2) is 82.3 Å². The molecule has 2 fully saturated rings. The highest BCUT2D eigenvalue weighted by Gasteiger charge is 2.34. The summed E-state index contributed by atoms with van der Waals surface area (Å²) >= 11 is 1.72. The molecule has 2 aromatic heterocycles. The number of piperidine rings is 1. The lowest BCUT2D eigenvalue weighted by Crippen LogP contribution is -2.59. The van der Waals surface area contributed by atoms with Gasteiger partial charge in [-0.05, 0) is 57.6 Å². The average molecular weight is 390 g/mol. The minimum absolute atomic E-state index is 0.248. The topological polar surface area (TPSA) is 55.7 Å². The van der Waals surface area contributed by atoms with Crippen molar-refractivity contribution in [3.8, 4) is 0 Å². The number of hydrogen-bond donors (Lipinski definition) is 1. The molecule has 27 heavy (non-hydrogen) atoms. The molecule has 148 valence electrons. The Bertz CT molecular complexity index is 743. The number of anilines is 1. The summed E-state index contributed by atoms with van der Waals surface area (Å²) in [5, 5.41) is 11.8. The van der Waals surface area contributed by atoms with E-state index in [2.05, 4.69) is 50.0 Å². The van der Waals surface area contributed by atoms with Crippen molar-refractivity contribution in [3.63, 3.8) is 0 Å². The van der Waals surface area contributed by atoms with Crippen molar-refractivity contribution in [2.75, 3.05) is 44.2 Å². The molecular weight excluding hydrogens is 358 g/mol. The third-order valence-electron chi connectivity index (χ3n) is 6.21. The first-order valence-corrected chi connectivity index (χ1v) is 11.1. The van der Waals surface area contributed by atoms with Gasteiger partial charge in [-0.2, -0.15) is 0 Å². The summed E-state index contributed by atoms with van der Waals surface area (Å²) in [7, 11) is 0. The number of piperazine rings is 1. The fraction of sp³-hybridized carbons (Fsp3) is 0.700. The SMILES string of the molecule is CC(C)N1CCC(N2CCN(c3ncnc4ccsc34)C[C@@H]2CCO)CC1. The maximum absolute atomic E-state index is 9.67. The van der Waals surface area contributed by atoms with Gasteiger partial charge < -0.3 is 14.9 Å². The van der Waals surface area contributed by atoms with Gasteiger partial charge in [0.25, 0.3) is 0 Å². The molecule has 0 aromatic carbocycles. The fourth-order valence-electron chi connectivity index (χ4n) is 4.68. The van der Waals surface area contributed by atoms with Crippen LogP contribution in [0.15, 0.2) is 17.8 Å². The van der Waals surface area contributed by atoms with E-state index < -0.39 is 0 Å². The van der Waals surface area contributed by atoms with Gasteiger partial charge in [-0.3, -0.25) is 4.90 Å². The van der Waals surface area contributed by atoms with Gasteiger partial charge in [-0.1, -0.05) is 0 Å². The summed E-state index contributed by atoms with van der Waals surface area (Å²) in [5.41, 5.74) is 1.03. The van der Waals surface area contributed by atoms with Gasteiger partial charge >= 0.3 is 0 Å². The van der Waals surface area contributed by atoms with E-state index in [1.54, 1.807) is 17.7 Å². The molecule has 4 heterocycles. The Morgan fingerprint density at radius 3 is 2.74 bits per heavy atom. The van der Waals surface area contributed by atoms with Crippen LogP contribution in [0.5, 0.6) is 0 Å². The number of aromatic nitrogens is 2. The molecule has 4 rings (SSSR count). The molecule has 0 unspecified atom stereocenters.